The van der Waals surface area contributed by atoms with Gasteiger partial charge in [-0.05, 0) is 36.5 Å². The van der Waals surface area contributed by atoms with Crippen molar-refractivity contribution >= 4 is 52.9 Å². The topological polar surface area (TPSA) is 69.6 Å². The molecule has 1 aromatic carbocycles. The molecule has 0 atom stereocenters. The van der Waals surface area contributed by atoms with E-state index in [2.05, 4.69) is 52.0 Å². The lowest BCUT2D eigenvalue weighted by molar-refractivity contribution is -0.119. The summed E-state index contributed by atoms with van der Waals surface area (Å²) in [5, 5.41) is 9.81. The molecule has 1 aromatic heterocycles. The van der Waals surface area contributed by atoms with E-state index in [0.29, 0.717) is 25.4 Å². The maximum atomic E-state index is 12.0. The van der Waals surface area contributed by atoms with Crippen LogP contribution < -0.4 is 15.5 Å². The van der Waals surface area contributed by atoms with E-state index < -0.39 is 0 Å². The van der Waals surface area contributed by atoms with Gasteiger partial charge in [0.25, 0.3) is 0 Å². The zero-order valence-corrected chi connectivity index (χ0v) is 20.4. The fourth-order valence-electron chi connectivity index (χ4n) is 3.11. The lowest BCUT2D eigenvalue weighted by atomic mass is 10.1. The summed E-state index contributed by atoms with van der Waals surface area (Å²) in [4.78, 5) is 22.9. The summed E-state index contributed by atoms with van der Waals surface area (Å²) in [5.41, 5.74) is 3.27. The van der Waals surface area contributed by atoms with Crippen molar-refractivity contribution in [2.75, 3.05) is 18.5 Å². The van der Waals surface area contributed by atoms with Crippen LogP contribution in [-0.4, -0.2) is 30.4 Å². The monoisotopic (exact) mass is 527 g/mol. The zero-order chi connectivity index (χ0) is 19.9. The molecule has 0 aliphatic carbocycles. The van der Waals surface area contributed by atoms with Crippen LogP contribution in [0.3, 0.4) is 0 Å². The van der Waals surface area contributed by atoms with Gasteiger partial charge in [-0.1, -0.05) is 26.0 Å². The molecular weight excluding hydrogens is 497 g/mol. The Labute approximate surface area is 194 Å². The van der Waals surface area contributed by atoms with E-state index in [1.54, 1.807) is 18.4 Å². The number of nitrogens with one attached hydrogen (secondary N) is 2. The Hall–Kier alpha value is -1.68. The minimum absolute atomic E-state index is 0. The van der Waals surface area contributed by atoms with E-state index in [-0.39, 0.29) is 29.9 Å². The molecule has 1 saturated heterocycles. The predicted octanol–water partition coefficient (Wildman–Crippen LogP) is 4.27. The molecule has 0 radical (unpaired) electrons. The lowest BCUT2D eigenvalue weighted by Gasteiger charge is -2.26. The third-order valence-corrected chi connectivity index (χ3v) is 5.69. The predicted molar refractivity (Wildman–Crippen MR) is 131 cm³/mol. The van der Waals surface area contributed by atoms with Crippen molar-refractivity contribution in [2.24, 2.45) is 4.99 Å². The molecule has 2 N–H and O–H groups in total. The average Bonchev–Trinajstić information content (AvgIpc) is 3.18. The fraction of sp³-hybridized carbons (Fsp3) is 0.476. The standard InChI is InChI=1S/C21H29N5OS.HI/c1-15(2)18-14-28-19(25-18)13-24-21(22-3)23-12-16-7-9-17(10-8-16)26-11-5-4-6-20(26)27;/h7-10,14-15H,4-6,11-13H2,1-3H3,(H2,22,23,24);1H. The molecule has 2 heterocycles. The second kappa shape index (κ2) is 11.5. The summed E-state index contributed by atoms with van der Waals surface area (Å²) in [6, 6.07) is 8.18. The van der Waals surface area contributed by atoms with Crippen LogP contribution in [-0.2, 0) is 17.9 Å². The third kappa shape index (κ3) is 6.67. The van der Waals surface area contributed by atoms with Crippen LogP contribution in [0.1, 0.15) is 55.3 Å². The summed E-state index contributed by atoms with van der Waals surface area (Å²) < 4.78 is 0. The Bertz CT molecular complexity index is 819. The minimum Gasteiger partial charge on any atom is -0.352 e. The molecule has 0 unspecified atom stereocenters. The van der Waals surface area contributed by atoms with Crippen LogP contribution in [0.2, 0.25) is 0 Å². The van der Waals surface area contributed by atoms with Crippen LogP contribution in [0.15, 0.2) is 34.6 Å². The van der Waals surface area contributed by atoms with Crippen LogP contribution >= 0.6 is 35.3 Å². The normalized spacial score (nSPS) is 14.7. The minimum atomic E-state index is 0. The number of halogens is 1. The van der Waals surface area contributed by atoms with Gasteiger partial charge in [0.05, 0.1) is 12.2 Å². The van der Waals surface area contributed by atoms with Gasteiger partial charge in [-0.25, -0.2) is 4.98 Å². The molecule has 1 aliphatic heterocycles. The van der Waals surface area contributed by atoms with Crippen molar-refractivity contribution in [3.8, 4) is 0 Å². The number of aliphatic imine (C=N–C) groups is 1. The molecule has 3 rings (SSSR count). The molecule has 0 bridgehead atoms. The van der Waals surface area contributed by atoms with Crippen molar-refractivity contribution in [2.45, 2.75) is 52.1 Å². The first-order valence-corrected chi connectivity index (χ1v) is 10.7. The molecule has 0 spiro atoms. The molecule has 1 amide bonds. The lowest BCUT2D eigenvalue weighted by Crippen LogP contribution is -2.36. The summed E-state index contributed by atoms with van der Waals surface area (Å²) in [7, 11) is 1.77. The molecule has 6 nitrogen and oxygen atoms in total. The number of amides is 1. The number of thiazole rings is 1. The number of piperidine rings is 1. The van der Waals surface area contributed by atoms with E-state index in [0.717, 1.165) is 47.3 Å². The molecule has 29 heavy (non-hydrogen) atoms. The smallest absolute Gasteiger partial charge is 0.226 e. The second-order valence-corrected chi connectivity index (χ2v) is 8.21. The van der Waals surface area contributed by atoms with E-state index in [1.165, 1.54) is 0 Å². The van der Waals surface area contributed by atoms with Gasteiger partial charge in [0.15, 0.2) is 5.96 Å². The number of benzene rings is 1. The zero-order valence-electron chi connectivity index (χ0n) is 17.3. The first-order chi connectivity index (χ1) is 13.6. The quantitative estimate of drug-likeness (QED) is 0.335. The summed E-state index contributed by atoms with van der Waals surface area (Å²) in [6.45, 7) is 6.46. The number of anilines is 1. The second-order valence-electron chi connectivity index (χ2n) is 7.27. The first kappa shape index (κ1) is 23.6. The van der Waals surface area contributed by atoms with Crippen LogP contribution in [0.4, 0.5) is 5.69 Å². The number of aromatic nitrogens is 1. The van der Waals surface area contributed by atoms with E-state index in [1.807, 2.05) is 17.0 Å². The highest BCUT2D eigenvalue weighted by Crippen LogP contribution is 2.21. The number of nitrogens with zero attached hydrogens (tertiary/aromatic N) is 3. The highest BCUT2D eigenvalue weighted by Gasteiger charge is 2.19. The Morgan fingerprint density at radius 2 is 1.93 bits per heavy atom. The molecule has 0 saturated carbocycles. The number of hydrogen-bond acceptors (Lipinski definition) is 4. The highest BCUT2D eigenvalue weighted by atomic mass is 127. The van der Waals surface area contributed by atoms with Crippen molar-refractivity contribution in [3.63, 3.8) is 0 Å². The molecular formula is C21H30IN5OS. The van der Waals surface area contributed by atoms with Gasteiger partial charge >= 0.3 is 0 Å². The van der Waals surface area contributed by atoms with Crippen LogP contribution in [0.25, 0.3) is 0 Å². The third-order valence-electron chi connectivity index (χ3n) is 4.82. The average molecular weight is 527 g/mol. The van der Waals surface area contributed by atoms with Crippen molar-refractivity contribution in [1.82, 2.24) is 15.6 Å². The van der Waals surface area contributed by atoms with Gasteiger partial charge in [0.2, 0.25) is 5.91 Å². The summed E-state index contributed by atoms with van der Waals surface area (Å²) >= 11 is 1.67. The molecule has 1 fully saturated rings. The Kier molecular flexibility index (Phi) is 9.35. The van der Waals surface area contributed by atoms with Gasteiger partial charge in [-0.3, -0.25) is 9.79 Å². The number of carbonyl (C=O) groups excluding carboxylic acids is 1. The Morgan fingerprint density at radius 1 is 1.21 bits per heavy atom. The molecule has 1 aliphatic rings. The number of guanidine groups is 1. The maximum Gasteiger partial charge on any atom is 0.226 e. The van der Waals surface area contributed by atoms with Gasteiger partial charge in [-0.2, -0.15) is 0 Å². The fourth-order valence-corrected chi connectivity index (χ4v) is 4.01. The van der Waals surface area contributed by atoms with Crippen molar-refractivity contribution in [1.29, 1.82) is 0 Å². The SMILES string of the molecule is CN=C(NCc1ccc(N2CCCCC2=O)cc1)NCc1nc(C(C)C)cs1.I. The summed E-state index contributed by atoms with van der Waals surface area (Å²) in [5.74, 6) is 1.42. The highest BCUT2D eigenvalue weighted by molar-refractivity contribution is 14.0. The van der Waals surface area contributed by atoms with Gasteiger partial charge in [0.1, 0.15) is 5.01 Å². The van der Waals surface area contributed by atoms with Gasteiger partial charge in [-0.15, -0.1) is 35.3 Å². The first-order valence-electron chi connectivity index (χ1n) is 9.85. The number of rotatable bonds is 6. The maximum absolute atomic E-state index is 12.0. The van der Waals surface area contributed by atoms with E-state index >= 15 is 0 Å². The molecule has 2 aromatic rings. The number of carbonyl (C=O) groups is 1. The van der Waals surface area contributed by atoms with Crippen LogP contribution in [0.5, 0.6) is 0 Å². The van der Waals surface area contributed by atoms with Crippen molar-refractivity contribution < 1.29 is 4.79 Å². The van der Waals surface area contributed by atoms with E-state index in [9.17, 15) is 4.79 Å². The molecule has 8 heteroatoms. The Balaban J connectivity index is 0.00000300. The van der Waals surface area contributed by atoms with Crippen LogP contribution in [0, 0.1) is 0 Å². The summed E-state index contributed by atoms with van der Waals surface area (Å²) in [6.07, 6.45) is 2.74. The van der Waals surface area contributed by atoms with Gasteiger partial charge in [0, 0.05) is 37.6 Å². The Morgan fingerprint density at radius 3 is 2.55 bits per heavy atom. The largest absolute Gasteiger partial charge is 0.352 e. The molecule has 158 valence electrons. The van der Waals surface area contributed by atoms with E-state index in [4.69, 9.17) is 0 Å². The number of hydrogen-bond donors (Lipinski definition) is 2. The van der Waals surface area contributed by atoms with Crippen molar-refractivity contribution in [3.05, 3.63) is 45.9 Å². The van der Waals surface area contributed by atoms with Gasteiger partial charge < -0.3 is 15.5 Å².